The van der Waals surface area contributed by atoms with Crippen molar-refractivity contribution in [2.75, 3.05) is 19.5 Å². The third kappa shape index (κ3) is 4.09. The minimum Gasteiger partial charge on any atom is -0.497 e. The summed E-state index contributed by atoms with van der Waals surface area (Å²) in [5.74, 6) is 0.656. The van der Waals surface area contributed by atoms with E-state index in [1.165, 1.54) is 7.11 Å². The molecule has 1 aliphatic rings. The van der Waals surface area contributed by atoms with Crippen LogP contribution in [0.25, 0.3) is 0 Å². The molecule has 0 radical (unpaired) electrons. The highest BCUT2D eigenvalue weighted by molar-refractivity contribution is 6.06. The van der Waals surface area contributed by atoms with E-state index in [4.69, 9.17) is 9.47 Å². The van der Waals surface area contributed by atoms with Gasteiger partial charge in [-0.2, -0.15) is 0 Å². The molecule has 0 heterocycles. The summed E-state index contributed by atoms with van der Waals surface area (Å²) in [5, 5.41) is 5.73. The van der Waals surface area contributed by atoms with Gasteiger partial charge in [0.2, 0.25) is 0 Å². The average Bonchev–Trinajstić information content (AvgIpc) is 3.45. The summed E-state index contributed by atoms with van der Waals surface area (Å²) in [6.45, 7) is 0. The summed E-state index contributed by atoms with van der Waals surface area (Å²) in [7, 11) is 3.05. The average molecular weight is 340 g/mol. The lowest BCUT2D eigenvalue weighted by Crippen LogP contribution is -2.25. The van der Waals surface area contributed by atoms with Crippen molar-refractivity contribution in [3.8, 4) is 11.5 Å². The predicted octanol–water partition coefficient (Wildman–Crippen LogP) is 2.85. The first-order valence-corrected chi connectivity index (χ1v) is 8.05. The Kier molecular flexibility index (Phi) is 4.88. The Morgan fingerprint density at radius 1 is 0.960 bits per heavy atom. The molecule has 25 heavy (non-hydrogen) atoms. The van der Waals surface area contributed by atoms with Crippen LogP contribution in [-0.4, -0.2) is 32.1 Å². The Morgan fingerprint density at radius 3 is 2.28 bits per heavy atom. The van der Waals surface area contributed by atoms with Crippen LogP contribution >= 0.6 is 0 Å². The number of carbonyl (C=O) groups is 2. The SMILES string of the molecule is COc1ccc(C(=O)Nc2ccc(C(=O)NC3CC3)cc2)c(OC)c1. The van der Waals surface area contributed by atoms with Gasteiger partial charge in [0.1, 0.15) is 11.5 Å². The number of methoxy groups -OCH3 is 2. The van der Waals surface area contributed by atoms with Crippen LogP contribution in [0.4, 0.5) is 5.69 Å². The third-order valence-electron chi connectivity index (χ3n) is 3.97. The fourth-order valence-corrected chi connectivity index (χ4v) is 2.39. The highest BCUT2D eigenvalue weighted by Gasteiger charge is 2.23. The molecule has 1 aliphatic carbocycles. The predicted molar refractivity (Wildman–Crippen MR) is 94.4 cm³/mol. The van der Waals surface area contributed by atoms with E-state index >= 15 is 0 Å². The molecule has 1 fully saturated rings. The highest BCUT2D eigenvalue weighted by Crippen LogP contribution is 2.25. The summed E-state index contributed by atoms with van der Waals surface area (Å²) in [4.78, 5) is 24.4. The van der Waals surface area contributed by atoms with E-state index < -0.39 is 0 Å². The number of ether oxygens (including phenoxy) is 2. The van der Waals surface area contributed by atoms with E-state index in [1.807, 2.05) is 0 Å². The molecule has 0 atom stereocenters. The standard InChI is InChI=1S/C19H20N2O4/c1-24-15-9-10-16(17(11-15)25-2)19(23)21-13-5-3-12(4-6-13)18(22)20-14-7-8-14/h3-6,9-11,14H,7-8H2,1-2H3,(H,20,22)(H,21,23). The zero-order chi connectivity index (χ0) is 17.8. The van der Waals surface area contributed by atoms with Gasteiger partial charge >= 0.3 is 0 Å². The van der Waals surface area contributed by atoms with Gasteiger partial charge < -0.3 is 20.1 Å². The fraction of sp³-hybridized carbons (Fsp3) is 0.263. The van der Waals surface area contributed by atoms with Gasteiger partial charge in [-0.05, 0) is 49.2 Å². The molecule has 0 spiro atoms. The molecule has 0 bridgehead atoms. The second kappa shape index (κ2) is 7.25. The summed E-state index contributed by atoms with van der Waals surface area (Å²) in [6.07, 6.45) is 2.09. The summed E-state index contributed by atoms with van der Waals surface area (Å²) in [5.41, 5.74) is 1.58. The van der Waals surface area contributed by atoms with Crippen molar-refractivity contribution in [1.82, 2.24) is 5.32 Å². The Hall–Kier alpha value is -3.02. The van der Waals surface area contributed by atoms with Crippen LogP contribution in [0, 0.1) is 0 Å². The van der Waals surface area contributed by atoms with E-state index in [1.54, 1.807) is 49.6 Å². The third-order valence-corrected chi connectivity index (χ3v) is 3.97. The van der Waals surface area contributed by atoms with E-state index in [2.05, 4.69) is 10.6 Å². The number of nitrogens with one attached hydrogen (secondary N) is 2. The Labute approximate surface area is 146 Å². The van der Waals surface area contributed by atoms with Crippen LogP contribution in [0.3, 0.4) is 0 Å². The molecule has 2 aromatic rings. The van der Waals surface area contributed by atoms with E-state index in [0.717, 1.165) is 12.8 Å². The van der Waals surface area contributed by atoms with E-state index in [9.17, 15) is 9.59 Å². The van der Waals surface area contributed by atoms with Crippen molar-refractivity contribution in [3.05, 3.63) is 53.6 Å². The Morgan fingerprint density at radius 2 is 1.68 bits per heavy atom. The van der Waals surface area contributed by atoms with Gasteiger partial charge in [0.25, 0.3) is 11.8 Å². The molecular formula is C19H20N2O4. The second-order valence-corrected chi connectivity index (χ2v) is 5.85. The van der Waals surface area contributed by atoms with Gasteiger partial charge in [-0.25, -0.2) is 0 Å². The van der Waals surface area contributed by atoms with Crippen LogP contribution in [0.15, 0.2) is 42.5 Å². The first-order valence-electron chi connectivity index (χ1n) is 8.05. The lowest BCUT2D eigenvalue weighted by atomic mass is 10.1. The molecule has 2 amide bonds. The van der Waals surface area contributed by atoms with Crippen molar-refractivity contribution >= 4 is 17.5 Å². The molecule has 130 valence electrons. The molecule has 2 aromatic carbocycles. The normalized spacial score (nSPS) is 13.0. The molecule has 0 saturated heterocycles. The van der Waals surface area contributed by atoms with Gasteiger partial charge in [0.05, 0.1) is 19.8 Å². The van der Waals surface area contributed by atoms with E-state index in [0.29, 0.717) is 34.4 Å². The maximum atomic E-state index is 12.5. The summed E-state index contributed by atoms with van der Waals surface area (Å²) >= 11 is 0. The monoisotopic (exact) mass is 340 g/mol. The lowest BCUT2D eigenvalue weighted by molar-refractivity contribution is 0.0950. The van der Waals surface area contributed by atoms with Crippen LogP contribution < -0.4 is 20.1 Å². The number of hydrogen-bond donors (Lipinski definition) is 2. The molecule has 6 nitrogen and oxygen atoms in total. The maximum absolute atomic E-state index is 12.5. The van der Waals surface area contributed by atoms with Gasteiger partial charge in [-0.1, -0.05) is 0 Å². The van der Waals surface area contributed by atoms with Crippen molar-refractivity contribution < 1.29 is 19.1 Å². The van der Waals surface area contributed by atoms with Crippen molar-refractivity contribution in [3.63, 3.8) is 0 Å². The lowest BCUT2D eigenvalue weighted by Gasteiger charge is -2.11. The minimum atomic E-state index is -0.297. The zero-order valence-electron chi connectivity index (χ0n) is 14.2. The topological polar surface area (TPSA) is 76.7 Å². The Bertz CT molecular complexity index is 783. The van der Waals surface area contributed by atoms with Gasteiger partial charge in [-0.15, -0.1) is 0 Å². The molecule has 2 N–H and O–H groups in total. The first kappa shape index (κ1) is 16.8. The van der Waals surface area contributed by atoms with Crippen LogP contribution in [0.5, 0.6) is 11.5 Å². The summed E-state index contributed by atoms with van der Waals surface area (Å²) in [6, 6.07) is 12.1. The smallest absolute Gasteiger partial charge is 0.259 e. The van der Waals surface area contributed by atoms with Crippen LogP contribution in [0.1, 0.15) is 33.6 Å². The quantitative estimate of drug-likeness (QED) is 0.848. The number of amides is 2. The fourth-order valence-electron chi connectivity index (χ4n) is 2.39. The first-order chi connectivity index (χ1) is 12.1. The van der Waals surface area contributed by atoms with Crippen molar-refractivity contribution in [1.29, 1.82) is 0 Å². The number of benzene rings is 2. The van der Waals surface area contributed by atoms with E-state index in [-0.39, 0.29) is 11.8 Å². The van der Waals surface area contributed by atoms with Gasteiger partial charge in [0.15, 0.2) is 0 Å². The number of carbonyl (C=O) groups excluding carboxylic acids is 2. The van der Waals surface area contributed by atoms with Gasteiger partial charge in [0, 0.05) is 23.4 Å². The zero-order valence-corrected chi connectivity index (χ0v) is 14.2. The largest absolute Gasteiger partial charge is 0.497 e. The number of anilines is 1. The Balaban J connectivity index is 1.69. The molecule has 6 heteroatoms. The molecule has 0 aromatic heterocycles. The van der Waals surface area contributed by atoms with Crippen molar-refractivity contribution in [2.45, 2.75) is 18.9 Å². The molecular weight excluding hydrogens is 320 g/mol. The second-order valence-electron chi connectivity index (χ2n) is 5.85. The summed E-state index contributed by atoms with van der Waals surface area (Å²) < 4.78 is 10.4. The van der Waals surface area contributed by atoms with Crippen LogP contribution in [0.2, 0.25) is 0 Å². The number of rotatable bonds is 6. The highest BCUT2D eigenvalue weighted by atomic mass is 16.5. The van der Waals surface area contributed by atoms with Crippen LogP contribution in [-0.2, 0) is 0 Å². The van der Waals surface area contributed by atoms with Crippen molar-refractivity contribution in [2.24, 2.45) is 0 Å². The maximum Gasteiger partial charge on any atom is 0.259 e. The molecule has 3 rings (SSSR count). The number of hydrogen-bond acceptors (Lipinski definition) is 4. The molecule has 0 aliphatic heterocycles. The van der Waals surface area contributed by atoms with Gasteiger partial charge in [-0.3, -0.25) is 9.59 Å². The minimum absolute atomic E-state index is 0.0859. The molecule has 0 unspecified atom stereocenters. The molecule has 1 saturated carbocycles.